The van der Waals surface area contributed by atoms with Crippen LogP contribution in [0.3, 0.4) is 0 Å². The Hall–Kier alpha value is -1.98. The molecule has 1 N–H and O–H groups in total. The first-order chi connectivity index (χ1) is 9.11. The van der Waals surface area contributed by atoms with Gasteiger partial charge in [-0.2, -0.15) is 5.10 Å². The van der Waals surface area contributed by atoms with Crippen LogP contribution in [0.15, 0.2) is 24.4 Å². The number of hydrogen-bond acceptors (Lipinski definition) is 2. The molecule has 0 amide bonds. The van der Waals surface area contributed by atoms with E-state index in [1.54, 1.807) is 16.9 Å². The van der Waals surface area contributed by atoms with Gasteiger partial charge in [0.1, 0.15) is 11.5 Å². The van der Waals surface area contributed by atoms with Crippen molar-refractivity contribution in [3.8, 4) is 0 Å². The Kier molecular flexibility index (Phi) is 4.09. The maximum atomic E-state index is 13.4. The van der Waals surface area contributed by atoms with Crippen LogP contribution in [0.5, 0.6) is 0 Å². The Balaban J connectivity index is 2.12. The first-order valence-electron chi connectivity index (χ1n) is 6.01. The van der Waals surface area contributed by atoms with E-state index in [-0.39, 0.29) is 12.2 Å². The quantitative estimate of drug-likeness (QED) is 0.902. The van der Waals surface area contributed by atoms with E-state index < -0.39 is 17.5 Å². The van der Waals surface area contributed by atoms with Crippen molar-refractivity contribution in [2.24, 2.45) is 0 Å². The van der Waals surface area contributed by atoms with Gasteiger partial charge in [0.05, 0.1) is 12.2 Å². The maximum absolute atomic E-state index is 13.4. The van der Waals surface area contributed by atoms with Crippen LogP contribution in [0.4, 0.5) is 18.9 Å². The van der Waals surface area contributed by atoms with Gasteiger partial charge < -0.3 is 5.32 Å². The predicted octanol–water partition coefficient (Wildman–Crippen LogP) is 3.32. The highest BCUT2D eigenvalue weighted by Crippen LogP contribution is 2.20. The van der Waals surface area contributed by atoms with Gasteiger partial charge in [0.2, 0.25) is 0 Å². The van der Waals surface area contributed by atoms with Crippen LogP contribution in [-0.2, 0) is 13.1 Å². The van der Waals surface area contributed by atoms with E-state index in [0.717, 1.165) is 18.7 Å². The number of benzene rings is 1. The molecule has 0 fully saturated rings. The molecule has 0 atom stereocenters. The zero-order valence-electron chi connectivity index (χ0n) is 10.5. The van der Waals surface area contributed by atoms with Gasteiger partial charge >= 0.3 is 0 Å². The molecule has 2 aromatic rings. The number of anilines is 1. The summed E-state index contributed by atoms with van der Waals surface area (Å²) in [4.78, 5) is 0. The van der Waals surface area contributed by atoms with Crippen molar-refractivity contribution in [2.45, 2.75) is 26.4 Å². The van der Waals surface area contributed by atoms with E-state index in [0.29, 0.717) is 12.1 Å². The molecule has 1 aromatic carbocycles. The number of halogens is 3. The van der Waals surface area contributed by atoms with E-state index in [4.69, 9.17) is 0 Å². The van der Waals surface area contributed by atoms with E-state index in [2.05, 4.69) is 10.4 Å². The zero-order chi connectivity index (χ0) is 13.8. The molecule has 19 heavy (non-hydrogen) atoms. The first-order valence-corrected chi connectivity index (χ1v) is 6.01. The second kappa shape index (κ2) is 5.77. The highest BCUT2D eigenvalue weighted by molar-refractivity contribution is 5.46. The summed E-state index contributed by atoms with van der Waals surface area (Å²) in [6.45, 7) is 2.97. The Morgan fingerprint density at radius 1 is 1.21 bits per heavy atom. The van der Waals surface area contributed by atoms with Gasteiger partial charge in [-0.15, -0.1) is 0 Å². The van der Waals surface area contributed by atoms with Gasteiger partial charge in [-0.3, -0.25) is 4.68 Å². The topological polar surface area (TPSA) is 29.9 Å². The van der Waals surface area contributed by atoms with Gasteiger partial charge in [0.25, 0.3) is 0 Å². The highest BCUT2D eigenvalue weighted by Gasteiger charge is 2.11. The third-order valence-electron chi connectivity index (χ3n) is 2.69. The Morgan fingerprint density at radius 2 is 1.89 bits per heavy atom. The van der Waals surface area contributed by atoms with Crippen molar-refractivity contribution in [2.75, 3.05) is 5.32 Å². The number of aromatic nitrogens is 2. The summed E-state index contributed by atoms with van der Waals surface area (Å²) in [7, 11) is 0. The molecule has 3 nitrogen and oxygen atoms in total. The predicted molar refractivity (Wildman–Crippen MR) is 66.2 cm³/mol. The standard InChI is InChI=1S/C13H14F3N3/c1-2-5-19-10(3-4-18-19)8-17-13-11(15)6-9(14)7-12(13)16/h3-4,6-7,17H,2,5,8H2,1H3. The molecular weight excluding hydrogens is 255 g/mol. The molecule has 0 unspecified atom stereocenters. The molecule has 0 bridgehead atoms. The van der Waals surface area contributed by atoms with Crippen LogP contribution in [-0.4, -0.2) is 9.78 Å². The van der Waals surface area contributed by atoms with Crippen molar-refractivity contribution in [3.63, 3.8) is 0 Å². The minimum atomic E-state index is -0.945. The minimum Gasteiger partial charge on any atom is -0.375 e. The highest BCUT2D eigenvalue weighted by atomic mass is 19.1. The molecule has 0 saturated carbocycles. The number of nitrogens with zero attached hydrogens (tertiary/aromatic N) is 2. The summed E-state index contributed by atoms with van der Waals surface area (Å²) in [6, 6.07) is 3.06. The van der Waals surface area contributed by atoms with Crippen molar-refractivity contribution < 1.29 is 13.2 Å². The Morgan fingerprint density at radius 3 is 2.53 bits per heavy atom. The molecule has 2 rings (SSSR count). The third kappa shape index (κ3) is 3.07. The Labute approximate surface area is 109 Å². The molecule has 0 aliphatic heterocycles. The van der Waals surface area contributed by atoms with Gasteiger partial charge in [-0.1, -0.05) is 6.92 Å². The largest absolute Gasteiger partial charge is 0.375 e. The smallest absolute Gasteiger partial charge is 0.152 e. The average Bonchev–Trinajstić information content (AvgIpc) is 2.76. The molecule has 0 aliphatic carbocycles. The fourth-order valence-electron chi connectivity index (χ4n) is 1.81. The summed E-state index contributed by atoms with van der Waals surface area (Å²) in [5.74, 6) is -2.82. The average molecular weight is 269 g/mol. The zero-order valence-corrected chi connectivity index (χ0v) is 10.5. The third-order valence-corrected chi connectivity index (χ3v) is 2.69. The van der Waals surface area contributed by atoms with Crippen LogP contribution < -0.4 is 5.32 Å². The minimum absolute atomic E-state index is 0.222. The summed E-state index contributed by atoms with van der Waals surface area (Å²) in [6.07, 6.45) is 2.54. The van der Waals surface area contributed by atoms with Crippen molar-refractivity contribution >= 4 is 5.69 Å². The number of hydrogen-bond donors (Lipinski definition) is 1. The molecule has 0 saturated heterocycles. The lowest BCUT2D eigenvalue weighted by molar-refractivity contribution is 0.545. The normalized spacial score (nSPS) is 10.7. The number of rotatable bonds is 5. The lowest BCUT2D eigenvalue weighted by Crippen LogP contribution is -2.10. The van der Waals surface area contributed by atoms with Gasteiger partial charge in [0, 0.05) is 24.9 Å². The fourth-order valence-corrected chi connectivity index (χ4v) is 1.81. The molecule has 0 aliphatic rings. The van der Waals surface area contributed by atoms with Crippen LogP contribution in [0.2, 0.25) is 0 Å². The summed E-state index contributed by atoms with van der Waals surface area (Å²) < 4.78 is 41.4. The first kappa shape index (κ1) is 13.5. The monoisotopic (exact) mass is 269 g/mol. The van der Waals surface area contributed by atoms with Crippen molar-refractivity contribution in [1.82, 2.24) is 9.78 Å². The molecule has 1 heterocycles. The Bertz CT molecular complexity index is 543. The van der Waals surface area contributed by atoms with Gasteiger partial charge in [-0.25, -0.2) is 13.2 Å². The maximum Gasteiger partial charge on any atom is 0.152 e. The SMILES string of the molecule is CCCn1nccc1CNc1c(F)cc(F)cc1F. The molecule has 102 valence electrons. The molecule has 1 aromatic heterocycles. The summed E-state index contributed by atoms with van der Waals surface area (Å²) in [5.41, 5.74) is 0.482. The van der Waals surface area contributed by atoms with Crippen molar-refractivity contribution in [3.05, 3.63) is 47.5 Å². The van der Waals surface area contributed by atoms with Crippen molar-refractivity contribution in [1.29, 1.82) is 0 Å². The summed E-state index contributed by atoms with van der Waals surface area (Å²) in [5, 5.41) is 6.74. The lowest BCUT2D eigenvalue weighted by Gasteiger charge is -2.10. The van der Waals surface area contributed by atoms with Crippen LogP contribution in [0, 0.1) is 17.5 Å². The molecule has 0 radical (unpaired) electrons. The summed E-state index contributed by atoms with van der Waals surface area (Å²) >= 11 is 0. The fraction of sp³-hybridized carbons (Fsp3) is 0.308. The second-order valence-corrected chi connectivity index (χ2v) is 4.14. The second-order valence-electron chi connectivity index (χ2n) is 4.14. The van der Waals surface area contributed by atoms with Gasteiger partial charge in [-0.05, 0) is 12.5 Å². The number of nitrogens with one attached hydrogen (secondary N) is 1. The molecular formula is C13H14F3N3. The van der Waals surface area contributed by atoms with E-state index in [9.17, 15) is 13.2 Å². The van der Waals surface area contributed by atoms with Crippen LogP contribution >= 0.6 is 0 Å². The lowest BCUT2D eigenvalue weighted by atomic mass is 10.2. The van der Waals surface area contributed by atoms with E-state index in [1.165, 1.54) is 0 Å². The number of aryl methyl sites for hydroxylation is 1. The van der Waals surface area contributed by atoms with E-state index >= 15 is 0 Å². The van der Waals surface area contributed by atoms with Crippen LogP contribution in [0.25, 0.3) is 0 Å². The molecule has 0 spiro atoms. The van der Waals surface area contributed by atoms with E-state index in [1.807, 2.05) is 6.92 Å². The van der Waals surface area contributed by atoms with Gasteiger partial charge in [0.15, 0.2) is 11.6 Å². The van der Waals surface area contributed by atoms with Crippen LogP contribution in [0.1, 0.15) is 19.0 Å². The molecule has 6 heteroatoms.